The molecule has 0 aliphatic carbocycles. The molecule has 0 radical (unpaired) electrons. The Morgan fingerprint density at radius 1 is 1.12 bits per heavy atom. The van der Waals surface area contributed by atoms with E-state index in [9.17, 15) is 19.2 Å². The molecule has 2 aliphatic rings. The lowest BCUT2D eigenvalue weighted by atomic mass is 10.2. The zero-order valence-corrected chi connectivity index (χ0v) is 14.3. The van der Waals surface area contributed by atoms with Gasteiger partial charge in [0.05, 0.1) is 0 Å². The zero-order valence-electron chi connectivity index (χ0n) is 14.3. The summed E-state index contributed by atoms with van der Waals surface area (Å²) in [6.45, 7) is 1.95. The van der Waals surface area contributed by atoms with Crippen LogP contribution >= 0.6 is 0 Å². The van der Waals surface area contributed by atoms with Crippen LogP contribution < -0.4 is 14.8 Å². The van der Waals surface area contributed by atoms with Gasteiger partial charge in [0, 0.05) is 13.1 Å². The summed E-state index contributed by atoms with van der Waals surface area (Å²) >= 11 is 0. The van der Waals surface area contributed by atoms with Crippen LogP contribution in [0.2, 0.25) is 0 Å². The van der Waals surface area contributed by atoms with Crippen molar-refractivity contribution in [1.29, 1.82) is 0 Å². The van der Waals surface area contributed by atoms with Gasteiger partial charge in [0.15, 0.2) is 11.5 Å². The van der Waals surface area contributed by atoms with Gasteiger partial charge in [0.2, 0.25) is 12.7 Å². The summed E-state index contributed by atoms with van der Waals surface area (Å²) in [6.07, 6.45) is 1.39. The molecule has 26 heavy (non-hydrogen) atoms. The minimum atomic E-state index is -0.968. The highest BCUT2D eigenvalue weighted by Gasteiger charge is 2.44. The third kappa shape index (κ3) is 3.46. The number of urea groups is 1. The highest BCUT2D eigenvalue weighted by molar-refractivity contribution is 6.45. The average Bonchev–Trinajstić information content (AvgIpc) is 3.17. The predicted molar refractivity (Wildman–Crippen MR) is 88.1 cm³/mol. The summed E-state index contributed by atoms with van der Waals surface area (Å²) in [5, 5.41) is 2.62. The van der Waals surface area contributed by atoms with E-state index in [1.54, 1.807) is 18.2 Å². The highest BCUT2D eigenvalue weighted by Crippen LogP contribution is 2.32. The van der Waals surface area contributed by atoms with Gasteiger partial charge in [0.1, 0.15) is 6.54 Å². The van der Waals surface area contributed by atoms with Crippen molar-refractivity contribution in [2.24, 2.45) is 0 Å². The van der Waals surface area contributed by atoms with Gasteiger partial charge in [-0.1, -0.05) is 19.4 Å². The molecule has 0 unspecified atom stereocenters. The van der Waals surface area contributed by atoms with Crippen molar-refractivity contribution in [2.75, 3.05) is 19.9 Å². The molecule has 1 aromatic carbocycles. The van der Waals surface area contributed by atoms with E-state index in [0.29, 0.717) is 22.8 Å². The predicted octanol–water partition coefficient (Wildman–Crippen LogP) is 0.622. The van der Waals surface area contributed by atoms with E-state index < -0.39 is 30.3 Å². The first kappa shape index (κ1) is 17.7. The Bertz CT molecular complexity index is 763. The molecule has 1 fully saturated rings. The van der Waals surface area contributed by atoms with E-state index in [4.69, 9.17) is 9.47 Å². The standard InChI is InChI=1S/C17H19N3O6/c1-2-3-6-19-15(22)16(23)20(17(19)24)9-14(21)18-8-11-4-5-12-13(7-11)26-10-25-12/h4-5,7H,2-3,6,8-10H2,1H3,(H,18,21). The maximum absolute atomic E-state index is 12.2. The van der Waals surface area contributed by atoms with Gasteiger partial charge in [-0.05, 0) is 24.1 Å². The number of carbonyl (C=O) groups is 4. The van der Waals surface area contributed by atoms with Crippen LogP contribution in [0.15, 0.2) is 18.2 Å². The first-order valence-corrected chi connectivity index (χ1v) is 8.33. The fourth-order valence-corrected chi connectivity index (χ4v) is 2.65. The molecule has 0 bridgehead atoms. The molecule has 9 nitrogen and oxygen atoms in total. The Morgan fingerprint density at radius 3 is 2.62 bits per heavy atom. The van der Waals surface area contributed by atoms with E-state index in [2.05, 4.69) is 5.32 Å². The van der Waals surface area contributed by atoms with Gasteiger partial charge in [0.25, 0.3) is 0 Å². The minimum Gasteiger partial charge on any atom is -0.454 e. The number of nitrogens with one attached hydrogen (secondary N) is 1. The van der Waals surface area contributed by atoms with Crippen molar-refractivity contribution >= 4 is 23.8 Å². The summed E-state index contributed by atoms with van der Waals surface area (Å²) in [4.78, 5) is 49.6. The van der Waals surface area contributed by atoms with Gasteiger partial charge in [-0.3, -0.25) is 19.3 Å². The molecule has 1 N–H and O–H groups in total. The number of ether oxygens (including phenoxy) is 2. The number of rotatable bonds is 7. The SMILES string of the molecule is CCCCN1C(=O)C(=O)N(CC(=O)NCc2ccc3c(c2)OCO3)C1=O. The van der Waals surface area contributed by atoms with Crippen LogP contribution in [0, 0.1) is 0 Å². The second-order valence-electron chi connectivity index (χ2n) is 5.95. The second kappa shape index (κ2) is 7.42. The number of benzene rings is 1. The topological polar surface area (TPSA) is 105 Å². The summed E-state index contributed by atoms with van der Waals surface area (Å²) in [5.74, 6) is -1.15. The van der Waals surface area contributed by atoms with Crippen molar-refractivity contribution in [2.45, 2.75) is 26.3 Å². The molecule has 1 saturated heterocycles. The highest BCUT2D eigenvalue weighted by atomic mass is 16.7. The summed E-state index contributed by atoms with van der Waals surface area (Å²) < 4.78 is 10.5. The molecule has 138 valence electrons. The van der Waals surface area contributed by atoms with E-state index >= 15 is 0 Å². The normalized spacial score (nSPS) is 15.8. The Kier molecular flexibility index (Phi) is 5.06. The summed E-state index contributed by atoms with van der Waals surface area (Å²) in [6, 6.07) is 4.51. The fraction of sp³-hybridized carbons (Fsp3) is 0.412. The van der Waals surface area contributed by atoms with E-state index in [-0.39, 0.29) is 19.9 Å². The largest absolute Gasteiger partial charge is 0.454 e. The van der Waals surface area contributed by atoms with Crippen molar-refractivity contribution in [3.63, 3.8) is 0 Å². The van der Waals surface area contributed by atoms with Gasteiger partial charge >= 0.3 is 17.8 Å². The number of nitrogens with zero attached hydrogens (tertiary/aromatic N) is 2. The lowest BCUT2D eigenvalue weighted by Gasteiger charge is -2.15. The van der Waals surface area contributed by atoms with Crippen LogP contribution in [0.5, 0.6) is 11.5 Å². The molecule has 0 saturated carbocycles. The lowest BCUT2D eigenvalue weighted by Crippen LogP contribution is -2.41. The van der Waals surface area contributed by atoms with Crippen LogP contribution in [0.4, 0.5) is 4.79 Å². The maximum atomic E-state index is 12.2. The molecule has 9 heteroatoms. The quantitative estimate of drug-likeness (QED) is 0.564. The maximum Gasteiger partial charge on any atom is 0.334 e. The van der Waals surface area contributed by atoms with Gasteiger partial charge in [-0.25, -0.2) is 9.69 Å². The number of unbranched alkanes of at least 4 members (excludes halogenated alkanes) is 1. The number of hydrogen-bond donors (Lipinski definition) is 1. The molecule has 3 rings (SSSR count). The average molecular weight is 361 g/mol. The van der Waals surface area contributed by atoms with Crippen molar-refractivity contribution < 1.29 is 28.7 Å². The van der Waals surface area contributed by atoms with Crippen molar-refractivity contribution in [3.05, 3.63) is 23.8 Å². The molecule has 5 amide bonds. The smallest absolute Gasteiger partial charge is 0.334 e. The number of fused-ring (bicyclic) bond motifs is 1. The molecule has 2 aliphatic heterocycles. The second-order valence-corrected chi connectivity index (χ2v) is 5.95. The van der Waals surface area contributed by atoms with Crippen molar-refractivity contribution in [1.82, 2.24) is 15.1 Å². The first-order valence-electron chi connectivity index (χ1n) is 8.33. The Hall–Kier alpha value is -3.10. The van der Waals surface area contributed by atoms with E-state index in [1.165, 1.54) is 0 Å². The third-order valence-corrected chi connectivity index (χ3v) is 4.10. The Balaban J connectivity index is 1.55. The zero-order chi connectivity index (χ0) is 18.7. The van der Waals surface area contributed by atoms with Crippen LogP contribution in [0.3, 0.4) is 0 Å². The van der Waals surface area contributed by atoms with Crippen LogP contribution in [-0.4, -0.2) is 53.4 Å². The van der Waals surface area contributed by atoms with Gasteiger partial charge in [-0.2, -0.15) is 0 Å². The van der Waals surface area contributed by atoms with Crippen LogP contribution in [-0.2, 0) is 20.9 Å². The van der Waals surface area contributed by atoms with Crippen molar-refractivity contribution in [3.8, 4) is 11.5 Å². The van der Waals surface area contributed by atoms with E-state index in [1.807, 2.05) is 6.92 Å². The third-order valence-electron chi connectivity index (χ3n) is 4.10. The van der Waals surface area contributed by atoms with Gasteiger partial charge < -0.3 is 14.8 Å². The Morgan fingerprint density at radius 2 is 1.85 bits per heavy atom. The number of carbonyl (C=O) groups excluding carboxylic acids is 4. The molecule has 0 atom stereocenters. The lowest BCUT2D eigenvalue weighted by molar-refractivity contribution is -0.144. The molecule has 1 aromatic rings. The number of amides is 5. The first-order chi connectivity index (χ1) is 12.5. The molecular formula is C17H19N3O6. The molecule has 0 spiro atoms. The molecule has 2 heterocycles. The summed E-state index contributed by atoms with van der Waals surface area (Å²) in [5.41, 5.74) is 0.780. The number of imide groups is 2. The monoisotopic (exact) mass is 361 g/mol. The fourth-order valence-electron chi connectivity index (χ4n) is 2.65. The number of hydrogen-bond acceptors (Lipinski definition) is 6. The van der Waals surface area contributed by atoms with Gasteiger partial charge in [-0.15, -0.1) is 0 Å². The minimum absolute atomic E-state index is 0.160. The molecule has 0 aromatic heterocycles. The van der Waals surface area contributed by atoms with E-state index in [0.717, 1.165) is 16.9 Å². The van der Waals surface area contributed by atoms with Crippen LogP contribution in [0.25, 0.3) is 0 Å². The molecular weight excluding hydrogens is 342 g/mol. The van der Waals surface area contributed by atoms with Crippen LogP contribution in [0.1, 0.15) is 25.3 Å². The summed E-state index contributed by atoms with van der Waals surface area (Å²) in [7, 11) is 0. The Labute approximate surface area is 149 Å².